The van der Waals surface area contributed by atoms with E-state index in [1.165, 1.54) is 0 Å². The average Bonchev–Trinajstić information content (AvgIpc) is 2.87. The molecule has 0 saturated carbocycles. The van der Waals surface area contributed by atoms with E-state index < -0.39 is 30.3 Å². The summed E-state index contributed by atoms with van der Waals surface area (Å²) in [5.74, 6) is -0.631. The molecule has 8 heteroatoms. The van der Waals surface area contributed by atoms with Gasteiger partial charge in [-0.15, -0.1) is 0 Å². The van der Waals surface area contributed by atoms with Gasteiger partial charge in [0.25, 0.3) is 0 Å². The van der Waals surface area contributed by atoms with Crippen molar-refractivity contribution in [1.82, 2.24) is 4.98 Å². The molecule has 0 radical (unpaired) electrons. The van der Waals surface area contributed by atoms with Crippen molar-refractivity contribution in [2.45, 2.75) is 24.4 Å². The first-order valence-corrected chi connectivity index (χ1v) is 6.77. The van der Waals surface area contributed by atoms with Crippen LogP contribution in [0, 0.1) is 0 Å². The van der Waals surface area contributed by atoms with Gasteiger partial charge < -0.3 is 0 Å². The predicted octanol–water partition coefficient (Wildman–Crippen LogP) is -2.61. The first-order valence-electron chi connectivity index (χ1n) is 4.92. The van der Waals surface area contributed by atoms with Crippen LogP contribution in [0.15, 0.2) is 4.94 Å². The Bertz CT molecular complexity index is 423. The standard InChI is InChI=1S/C9H12N2O5Se/c10-8(15)3-2-17-9(11-3)7-6(14)5(13)4(1-12)16-7/h2,4-7,12-14H,1H2,(H2,10,15)/t4-,5-,6-,7+/m1/s1. The number of hydrogen-bond donors (Lipinski definition) is 4. The molecule has 0 bridgehead atoms. The third kappa shape index (κ3) is 2.28. The van der Waals surface area contributed by atoms with Crippen LogP contribution in [0.1, 0.15) is 21.2 Å². The molecule has 1 aromatic heterocycles. The van der Waals surface area contributed by atoms with Crippen molar-refractivity contribution >= 4 is 20.4 Å². The van der Waals surface area contributed by atoms with Gasteiger partial charge in [-0.05, 0) is 0 Å². The second kappa shape index (κ2) is 4.85. The maximum atomic E-state index is 10.9. The van der Waals surface area contributed by atoms with Crippen LogP contribution in [0.3, 0.4) is 0 Å². The van der Waals surface area contributed by atoms with Crippen molar-refractivity contribution in [2.24, 2.45) is 5.73 Å². The Morgan fingerprint density at radius 3 is 2.71 bits per heavy atom. The van der Waals surface area contributed by atoms with Gasteiger partial charge in [-0.1, -0.05) is 0 Å². The van der Waals surface area contributed by atoms with Gasteiger partial charge in [-0.2, -0.15) is 0 Å². The Morgan fingerprint density at radius 1 is 1.53 bits per heavy atom. The summed E-state index contributed by atoms with van der Waals surface area (Å²) < 4.78 is 5.79. The third-order valence-electron chi connectivity index (χ3n) is 2.56. The normalized spacial score (nSPS) is 32.9. The van der Waals surface area contributed by atoms with E-state index in [0.29, 0.717) is 4.57 Å². The number of aromatic nitrogens is 1. The van der Waals surface area contributed by atoms with E-state index in [1.54, 1.807) is 4.94 Å². The number of nitrogens with two attached hydrogens (primary N) is 1. The van der Waals surface area contributed by atoms with Crippen LogP contribution in [0.5, 0.6) is 0 Å². The molecule has 5 N–H and O–H groups in total. The third-order valence-corrected chi connectivity index (χ3v) is 4.46. The van der Waals surface area contributed by atoms with Gasteiger partial charge in [0.15, 0.2) is 0 Å². The van der Waals surface area contributed by atoms with Crippen molar-refractivity contribution in [3.05, 3.63) is 15.2 Å². The molecule has 4 atom stereocenters. The Kier molecular flexibility index (Phi) is 3.62. The van der Waals surface area contributed by atoms with E-state index in [-0.39, 0.29) is 26.8 Å². The molecule has 1 aliphatic heterocycles. The fourth-order valence-electron chi connectivity index (χ4n) is 1.64. The number of carbonyl (C=O) groups excluding carboxylic acids is 1. The molecular formula is C9H12N2O5Se. The van der Waals surface area contributed by atoms with Crippen LogP contribution in [0.25, 0.3) is 0 Å². The molecule has 1 amide bonds. The number of rotatable bonds is 3. The van der Waals surface area contributed by atoms with Crippen molar-refractivity contribution in [3.63, 3.8) is 0 Å². The molecule has 1 aliphatic rings. The predicted molar refractivity (Wildman–Crippen MR) is 56.4 cm³/mol. The van der Waals surface area contributed by atoms with E-state index in [1.807, 2.05) is 0 Å². The van der Waals surface area contributed by atoms with E-state index in [2.05, 4.69) is 4.98 Å². The number of ether oxygens (including phenoxy) is 1. The molecule has 2 heterocycles. The summed E-state index contributed by atoms with van der Waals surface area (Å²) in [6, 6.07) is 0. The zero-order valence-electron chi connectivity index (χ0n) is 8.68. The molecule has 7 nitrogen and oxygen atoms in total. The van der Waals surface area contributed by atoms with Crippen LogP contribution >= 0.6 is 0 Å². The van der Waals surface area contributed by atoms with Gasteiger partial charge >= 0.3 is 102 Å². The summed E-state index contributed by atoms with van der Waals surface area (Å²) in [7, 11) is 0. The summed E-state index contributed by atoms with van der Waals surface area (Å²) in [6.45, 7) is -0.384. The summed E-state index contributed by atoms with van der Waals surface area (Å²) in [5.41, 5.74) is 5.23. The number of nitrogens with zero attached hydrogens (tertiary/aromatic N) is 1. The van der Waals surface area contributed by atoms with E-state index in [9.17, 15) is 15.0 Å². The van der Waals surface area contributed by atoms with E-state index >= 15 is 0 Å². The van der Waals surface area contributed by atoms with E-state index in [0.717, 1.165) is 0 Å². The van der Waals surface area contributed by atoms with Gasteiger partial charge in [0.2, 0.25) is 0 Å². The number of primary amides is 1. The summed E-state index contributed by atoms with van der Waals surface area (Å²) in [5, 5.41) is 28.3. The maximum absolute atomic E-state index is 10.9. The molecule has 17 heavy (non-hydrogen) atoms. The van der Waals surface area contributed by atoms with Crippen LogP contribution in [0.4, 0.5) is 0 Å². The first kappa shape index (κ1) is 12.7. The molecule has 0 spiro atoms. The summed E-state index contributed by atoms with van der Waals surface area (Å²) in [4.78, 5) is 16.5. The zero-order chi connectivity index (χ0) is 12.6. The Labute approximate surface area is 103 Å². The number of aliphatic hydroxyl groups excluding tert-OH is 3. The van der Waals surface area contributed by atoms with Crippen LogP contribution in [-0.4, -0.2) is 65.6 Å². The summed E-state index contributed by atoms with van der Waals surface area (Å²) in [6.07, 6.45) is -3.91. The SMILES string of the molecule is NC(=O)c1c[se]c([C@H]2O[C@H](CO)[C@@H](O)[C@H]2O)n1. The van der Waals surface area contributed by atoms with Crippen molar-refractivity contribution in [2.75, 3.05) is 6.61 Å². The van der Waals surface area contributed by atoms with Gasteiger partial charge in [-0.25, -0.2) is 0 Å². The van der Waals surface area contributed by atoms with Crippen LogP contribution in [-0.2, 0) is 4.74 Å². The van der Waals surface area contributed by atoms with Gasteiger partial charge in [-0.3, -0.25) is 0 Å². The quantitative estimate of drug-likeness (QED) is 0.453. The van der Waals surface area contributed by atoms with Gasteiger partial charge in [0.05, 0.1) is 0 Å². The number of aliphatic hydroxyl groups is 3. The molecule has 0 unspecified atom stereocenters. The van der Waals surface area contributed by atoms with Crippen molar-refractivity contribution in [3.8, 4) is 0 Å². The monoisotopic (exact) mass is 308 g/mol. The molecule has 94 valence electrons. The molecule has 1 aromatic rings. The Morgan fingerprint density at radius 2 is 2.24 bits per heavy atom. The first-order chi connectivity index (χ1) is 8.04. The Hall–Kier alpha value is -0.761. The fraction of sp³-hybridized carbons (Fsp3) is 0.556. The van der Waals surface area contributed by atoms with E-state index in [4.69, 9.17) is 15.6 Å². The molecule has 1 fully saturated rings. The Balaban J connectivity index is 2.19. The zero-order valence-corrected chi connectivity index (χ0v) is 10.4. The number of hydrogen-bond acceptors (Lipinski definition) is 6. The van der Waals surface area contributed by atoms with Crippen LogP contribution in [0.2, 0.25) is 0 Å². The van der Waals surface area contributed by atoms with Crippen molar-refractivity contribution < 1.29 is 24.9 Å². The minimum absolute atomic E-state index is 0.151. The van der Waals surface area contributed by atoms with Crippen molar-refractivity contribution in [1.29, 1.82) is 0 Å². The minimum atomic E-state index is -1.15. The topological polar surface area (TPSA) is 126 Å². The molecule has 0 aromatic carbocycles. The van der Waals surface area contributed by atoms with Gasteiger partial charge in [0.1, 0.15) is 0 Å². The fourth-order valence-corrected chi connectivity index (χ4v) is 3.48. The molecule has 0 aliphatic carbocycles. The number of amides is 1. The second-order valence-corrected chi connectivity index (χ2v) is 5.56. The molecule has 2 rings (SSSR count). The molecular weight excluding hydrogens is 295 g/mol. The average molecular weight is 307 g/mol. The molecule has 1 saturated heterocycles. The summed E-state index contributed by atoms with van der Waals surface area (Å²) >= 11 is -0.236. The number of carbonyl (C=O) groups is 1. The van der Waals surface area contributed by atoms with Gasteiger partial charge in [0, 0.05) is 0 Å². The second-order valence-electron chi connectivity index (χ2n) is 3.69. The van der Waals surface area contributed by atoms with Crippen LogP contribution < -0.4 is 5.73 Å².